The van der Waals surface area contributed by atoms with Crippen LogP contribution >= 0.6 is 0 Å². The van der Waals surface area contributed by atoms with Crippen LogP contribution < -0.4 is 10.2 Å². The molecule has 0 atom stereocenters. The van der Waals surface area contributed by atoms with Crippen molar-refractivity contribution in [3.8, 4) is 50.2 Å². The fraction of sp³-hybridized carbons (Fsp3) is 0. The molecule has 0 fully saturated rings. The Morgan fingerprint density at radius 1 is 0.299 bits per heavy atom. The lowest BCUT2D eigenvalue weighted by Crippen LogP contribution is -2.11. The van der Waals surface area contributed by atoms with E-state index in [1.165, 1.54) is 66.0 Å². The Bertz CT molecular complexity index is 3650. The summed E-state index contributed by atoms with van der Waals surface area (Å²) < 4.78 is 2.40. The Morgan fingerprint density at radius 2 is 0.746 bits per heavy atom. The van der Waals surface area contributed by atoms with E-state index < -0.39 is 0 Å². The SMILES string of the molecule is c1ccc(Nc2ccc(-c3ccc(-c4ccc(-c5ccc(N(c6ccc7c8ccccc8n(-c8ccccc8)c7c6)c6cc7ccccc7cc6-c6ccccc6)cc5)cc4)cc3)cc2)cc1. The molecule has 1 heterocycles. The number of nitrogens with one attached hydrogen (secondary N) is 1. The summed E-state index contributed by atoms with van der Waals surface area (Å²) >= 11 is 0. The van der Waals surface area contributed by atoms with E-state index in [1.807, 2.05) is 18.2 Å². The lowest BCUT2D eigenvalue weighted by atomic mass is 9.96. The number of anilines is 5. The van der Waals surface area contributed by atoms with Crippen molar-refractivity contribution in [2.24, 2.45) is 0 Å². The summed E-state index contributed by atoms with van der Waals surface area (Å²) in [6.07, 6.45) is 0. The topological polar surface area (TPSA) is 20.2 Å². The average molecular weight is 856 g/mol. The first-order chi connectivity index (χ1) is 33.2. The number of aromatic nitrogens is 1. The van der Waals surface area contributed by atoms with E-state index in [0.29, 0.717) is 0 Å². The van der Waals surface area contributed by atoms with Crippen molar-refractivity contribution < 1.29 is 0 Å². The minimum Gasteiger partial charge on any atom is -0.356 e. The lowest BCUT2D eigenvalue weighted by Gasteiger charge is -2.29. The van der Waals surface area contributed by atoms with Gasteiger partial charge in [0.15, 0.2) is 0 Å². The second-order valence-electron chi connectivity index (χ2n) is 17.1. The van der Waals surface area contributed by atoms with E-state index in [1.54, 1.807) is 0 Å². The van der Waals surface area contributed by atoms with Gasteiger partial charge in [-0.1, -0.05) is 188 Å². The van der Waals surface area contributed by atoms with Crippen LogP contribution in [0, 0.1) is 0 Å². The zero-order chi connectivity index (χ0) is 44.5. The number of benzene rings is 11. The van der Waals surface area contributed by atoms with Crippen LogP contribution in [-0.4, -0.2) is 4.57 Å². The third-order valence-electron chi connectivity index (χ3n) is 13.0. The number of rotatable bonds is 10. The Kier molecular flexibility index (Phi) is 10.2. The van der Waals surface area contributed by atoms with Crippen LogP contribution in [0.3, 0.4) is 0 Å². The van der Waals surface area contributed by atoms with Crippen LogP contribution in [0.2, 0.25) is 0 Å². The minimum atomic E-state index is 1.07. The molecule has 1 aromatic heterocycles. The highest BCUT2D eigenvalue weighted by atomic mass is 15.1. The smallest absolute Gasteiger partial charge is 0.0561 e. The van der Waals surface area contributed by atoms with Crippen molar-refractivity contribution in [2.75, 3.05) is 10.2 Å². The van der Waals surface area contributed by atoms with Crippen molar-refractivity contribution in [2.45, 2.75) is 0 Å². The third-order valence-corrected chi connectivity index (χ3v) is 13.0. The highest BCUT2D eigenvalue weighted by molar-refractivity contribution is 6.11. The first-order valence-electron chi connectivity index (χ1n) is 22.9. The van der Waals surface area contributed by atoms with Gasteiger partial charge in [-0.25, -0.2) is 0 Å². The van der Waals surface area contributed by atoms with Gasteiger partial charge >= 0.3 is 0 Å². The molecule has 0 saturated heterocycles. The van der Waals surface area contributed by atoms with Crippen molar-refractivity contribution in [1.29, 1.82) is 0 Å². The summed E-state index contributed by atoms with van der Waals surface area (Å²) in [7, 11) is 0. The van der Waals surface area contributed by atoms with Gasteiger partial charge in [-0.15, -0.1) is 0 Å². The van der Waals surface area contributed by atoms with Gasteiger partial charge in [0.1, 0.15) is 0 Å². The predicted molar refractivity (Wildman–Crippen MR) is 284 cm³/mol. The molecule has 0 saturated carbocycles. The average Bonchev–Trinajstić information content (AvgIpc) is 3.73. The molecule has 3 nitrogen and oxygen atoms in total. The largest absolute Gasteiger partial charge is 0.356 e. The lowest BCUT2D eigenvalue weighted by molar-refractivity contribution is 1.18. The summed E-state index contributed by atoms with van der Waals surface area (Å²) in [5.41, 5.74) is 18.4. The van der Waals surface area contributed by atoms with Gasteiger partial charge < -0.3 is 14.8 Å². The molecule has 12 aromatic rings. The van der Waals surface area contributed by atoms with Crippen molar-refractivity contribution in [3.05, 3.63) is 267 Å². The molecule has 0 aliphatic carbocycles. The monoisotopic (exact) mass is 855 g/mol. The molecule has 11 aromatic carbocycles. The second kappa shape index (κ2) is 17.2. The second-order valence-corrected chi connectivity index (χ2v) is 17.1. The number of nitrogens with zero attached hydrogens (tertiary/aromatic N) is 2. The van der Waals surface area contributed by atoms with E-state index >= 15 is 0 Å². The van der Waals surface area contributed by atoms with Gasteiger partial charge in [-0.05, 0) is 129 Å². The van der Waals surface area contributed by atoms with Crippen LogP contribution in [-0.2, 0) is 0 Å². The summed E-state index contributed by atoms with van der Waals surface area (Å²) in [5, 5.41) is 8.34. The molecule has 1 N–H and O–H groups in total. The van der Waals surface area contributed by atoms with Gasteiger partial charge in [-0.2, -0.15) is 0 Å². The van der Waals surface area contributed by atoms with Crippen LogP contribution in [0.15, 0.2) is 267 Å². The fourth-order valence-corrected chi connectivity index (χ4v) is 9.59. The van der Waals surface area contributed by atoms with Gasteiger partial charge in [0, 0.05) is 44.8 Å². The van der Waals surface area contributed by atoms with Crippen molar-refractivity contribution in [3.63, 3.8) is 0 Å². The highest BCUT2D eigenvalue weighted by Crippen LogP contribution is 2.45. The predicted octanol–water partition coefficient (Wildman–Crippen LogP) is 17.8. The normalized spacial score (nSPS) is 11.3. The molecule has 0 spiro atoms. The number of para-hydroxylation sites is 3. The Hall–Kier alpha value is -8.92. The molecule has 316 valence electrons. The van der Waals surface area contributed by atoms with Crippen molar-refractivity contribution in [1.82, 2.24) is 4.57 Å². The Morgan fingerprint density at radius 3 is 1.36 bits per heavy atom. The first kappa shape index (κ1) is 39.7. The molecular formula is C64H45N3. The maximum atomic E-state index is 3.48. The molecule has 12 rings (SSSR count). The maximum absolute atomic E-state index is 3.48. The zero-order valence-electron chi connectivity index (χ0n) is 36.8. The highest BCUT2D eigenvalue weighted by Gasteiger charge is 2.21. The van der Waals surface area contributed by atoms with Crippen molar-refractivity contribution >= 4 is 61.0 Å². The third kappa shape index (κ3) is 7.69. The molecule has 0 radical (unpaired) electrons. The summed E-state index contributed by atoms with van der Waals surface area (Å²) in [6, 6.07) is 96.3. The van der Waals surface area contributed by atoms with E-state index in [2.05, 4.69) is 264 Å². The van der Waals surface area contributed by atoms with E-state index in [4.69, 9.17) is 0 Å². The standard InChI is InChI=1S/C64H45N3/c1-4-14-51(15-5-1)61-42-52-16-10-11-17-53(52)43-63(61)66(58-40-41-60-59-22-12-13-23-62(59)67(64(60)44-58)56-20-8-3-9-21-56)57-38-34-50(35-39-57)48-30-26-46(27-31-48)45-24-28-47(29-25-45)49-32-36-55(37-33-49)65-54-18-6-2-7-19-54/h1-44,65H. The van der Waals surface area contributed by atoms with Gasteiger partial charge in [-0.3, -0.25) is 0 Å². The molecule has 3 heteroatoms. The number of hydrogen-bond acceptors (Lipinski definition) is 2. The van der Waals surface area contributed by atoms with Gasteiger partial charge in [0.2, 0.25) is 0 Å². The molecule has 0 aliphatic rings. The molecule has 0 bridgehead atoms. The van der Waals surface area contributed by atoms with Crippen LogP contribution in [0.25, 0.3) is 82.8 Å². The zero-order valence-corrected chi connectivity index (χ0v) is 36.8. The van der Waals surface area contributed by atoms with E-state index in [9.17, 15) is 0 Å². The number of fused-ring (bicyclic) bond motifs is 4. The first-order valence-corrected chi connectivity index (χ1v) is 22.9. The fourth-order valence-electron chi connectivity index (χ4n) is 9.59. The van der Waals surface area contributed by atoms with E-state index in [0.717, 1.165) is 45.2 Å². The quantitative estimate of drug-likeness (QED) is 0.148. The minimum absolute atomic E-state index is 1.07. The number of hydrogen-bond donors (Lipinski definition) is 1. The molecule has 0 aliphatic heterocycles. The van der Waals surface area contributed by atoms with Gasteiger partial charge in [0.05, 0.1) is 16.7 Å². The molecule has 0 unspecified atom stereocenters. The Balaban J connectivity index is 0.899. The van der Waals surface area contributed by atoms with Gasteiger partial charge in [0.25, 0.3) is 0 Å². The Labute approximate surface area is 391 Å². The van der Waals surface area contributed by atoms with Crippen LogP contribution in [0.5, 0.6) is 0 Å². The summed E-state index contributed by atoms with van der Waals surface area (Å²) in [6.45, 7) is 0. The van der Waals surface area contributed by atoms with Crippen LogP contribution in [0.4, 0.5) is 28.4 Å². The summed E-state index contributed by atoms with van der Waals surface area (Å²) in [4.78, 5) is 2.44. The van der Waals surface area contributed by atoms with E-state index in [-0.39, 0.29) is 0 Å². The molecule has 67 heavy (non-hydrogen) atoms. The maximum Gasteiger partial charge on any atom is 0.0561 e. The molecular weight excluding hydrogens is 811 g/mol. The van der Waals surface area contributed by atoms with Crippen LogP contribution in [0.1, 0.15) is 0 Å². The molecule has 0 amide bonds. The summed E-state index contributed by atoms with van der Waals surface area (Å²) in [5.74, 6) is 0.